The summed E-state index contributed by atoms with van der Waals surface area (Å²) in [6.07, 6.45) is 2.86. The van der Waals surface area contributed by atoms with Gasteiger partial charge in [-0.3, -0.25) is 4.79 Å². The molecule has 0 spiro atoms. The van der Waals surface area contributed by atoms with Gasteiger partial charge >= 0.3 is 0 Å². The Labute approximate surface area is 117 Å². The molecular weight excluding hydrogens is 273 g/mol. The molecule has 1 aliphatic rings. The molecule has 0 bridgehead atoms. The summed E-state index contributed by atoms with van der Waals surface area (Å²) >= 11 is 11.9. The lowest BCUT2D eigenvalue weighted by atomic mass is 10.0. The van der Waals surface area contributed by atoms with Crippen LogP contribution in [-0.2, 0) is 18.4 Å². The van der Waals surface area contributed by atoms with Gasteiger partial charge in [-0.25, -0.2) is 4.98 Å². The summed E-state index contributed by atoms with van der Waals surface area (Å²) in [5.41, 5.74) is 0.798. The number of nitrogens with zero attached hydrogens (tertiary/aromatic N) is 3. The molecule has 0 saturated carbocycles. The molecule has 1 saturated heterocycles. The van der Waals surface area contributed by atoms with Crippen molar-refractivity contribution in [1.82, 2.24) is 14.5 Å². The van der Waals surface area contributed by atoms with E-state index in [0.29, 0.717) is 29.3 Å². The molecule has 1 unspecified atom stereocenters. The first kappa shape index (κ1) is 13.7. The second-order valence-electron chi connectivity index (χ2n) is 4.81. The summed E-state index contributed by atoms with van der Waals surface area (Å²) in [7, 11) is 1.81. The zero-order valence-electron chi connectivity index (χ0n) is 10.6. The Kier molecular flexibility index (Phi) is 4.17. The van der Waals surface area contributed by atoms with E-state index in [-0.39, 0.29) is 5.91 Å². The van der Waals surface area contributed by atoms with E-state index in [0.717, 1.165) is 25.1 Å². The number of hydrogen-bond donors (Lipinski definition) is 0. The van der Waals surface area contributed by atoms with Gasteiger partial charge in [0.25, 0.3) is 0 Å². The molecule has 1 amide bonds. The van der Waals surface area contributed by atoms with Gasteiger partial charge in [0.1, 0.15) is 0 Å². The number of aromatic nitrogens is 2. The Morgan fingerprint density at radius 1 is 1.44 bits per heavy atom. The van der Waals surface area contributed by atoms with Crippen LogP contribution in [0, 0.1) is 5.92 Å². The number of carbonyl (C=O) groups excluding carboxylic acids is 1. The van der Waals surface area contributed by atoms with Crippen LogP contribution < -0.4 is 0 Å². The van der Waals surface area contributed by atoms with Crippen molar-refractivity contribution in [3.05, 3.63) is 16.1 Å². The third kappa shape index (κ3) is 2.64. The van der Waals surface area contributed by atoms with Crippen LogP contribution in [-0.4, -0.2) is 26.9 Å². The van der Waals surface area contributed by atoms with Gasteiger partial charge in [-0.2, -0.15) is 0 Å². The molecule has 0 radical (unpaired) electrons. The highest BCUT2D eigenvalue weighted by Crippen LogP contribution is 2.26. The molecule has 100 valence electrons. The average Bonchev–Trinajstić information content (AvgIpc) is 2.76. The fraction of sp³-hybridized carbons (Fsp3) is 0.667. The van der Waals surface area contributed by atoms with Gasteiger partial charge in [0.2, 0.25) is 11.2 Å². The smallest absolute Gasteiger partial charge is 0.223 e. The lowest BCUT2D eigenvalue weighted by molar-refractivity contribution is -0.128. The monoisotopic (exact) mass is 289 g/mol. The minimum atomic E-state index is 0.196. The lowest BCUT2D eigenvalue weighted by Crippen LogP contribution is -2.25. The van der Waals surface area contributed by atoms with E-state index < -0.39 is 0 Å². The molecule has 0 N–H and O–H groups in total. The van der Waals surface area contributed by atoms with Gasteiger partial charge in [-0.1, -0.05) is 24.9 Å². The van der Waals surface area contributed by atoms with Crippen molar-refractivity contribution in [3.63, 3.8) is 0 Å². The van der Waals surface area contributed by atoms with Gasteiger partial charge in [-0.05, 0) is 23.9 Å². The molecule has 4 nitrogen and oxygen atoms in total. The normalized spacial score (nSPS) is 19.9. The van der Waals surface area contributed by atoms with Crippen LogP contribution in [0.3, 0.4) is 0 Å². The molecule has 1 aromatic rings. The van der Waals surface area contributed by atoms with Crippen LogP contribution >= 0.6 is 23.2 Å². The molecule has 0 aromatic carbocycles. The standard InChI is InChI=1S/C12H17Cl2N3O/c1-3-4-8-5-10(18)17(6-8)7-9-11(13)15-12(14)16(9)2/h8H,3-7H2,1-2H3. The summed E-state index contributed by atoms with van der Waals surface area (Å²) in [6, 6.07) is 0. The van der Waals surface area contributed by atoms with E-state index in [1.165, 1.54) is 0 Å². The molecule has 2 heterocycles. The van der Waals surface area contributed by atoms with Crippen LogP contribution in [0.5, 0.6) is 0 Å². The van der Waals surface area contributed by atoms with Crippen LogP contribution in [0.2, 0.25) is 10.4 Å². The molecule has 2 rings (SSSR count). The third-order valence-corrected chi connectivity index (χ3v) is 4.08. The largest absolute Gasteiger partial charge is 0.336 e. The van der Waals surface area contributed by atoms with E-state index in [2.05, 4.69) is 11.9 Å². The number of halogens is 2. The molecule has 1 fully saturated rings. The van der Waals surface area contributed by atoms with Gasteiger partial charge in [0, 0.05) is 20.0 Å². The SMILES string of the molecule is CCCC1CC(=O)N(Cc2c(Cl)nc(Cl)n2C)C1. The fourth-order valence-corrected chi connectivity index (χ4v) is 2.93. The third-order valence-electron chi connectivity index (χ3n) is 3.44. The van der Waals surface area contributed by atoms with Gasteiger partial charge in [-0.15, -0.1) is 0 Å². The van der Waals surface area contributed by atoms with Gasteiger partial charge in [0.05, 0.1) is 12.2 Å². The van der Waals surface area contributed by atoms with Crippen LogP contribution in [0.25, 0.3) is 0 Å². The van der Waals surface area contributed by atoms with Crippen molar-refractivity contribution < 1.29 is 4.79 Å². The van der Waals surface area contributed by atoms with Crippen molar-refractivity contribution in [2.75, 3.05) is 6.54 Å². The van der Waals surface area contributed by atoms with E-state index in [4.69, 9.17) is 23.2 Å². The van der Waals surface area contributed by atoms with Crippen LogP contribution in [0.4, 0.5) is 0 Å². The minimum absolute atomic E-state index is 0.196. The van der Waals surface area contributed by atoms with Crippen molar-refractivity contribution in [2.45, 2.75) is 32.7 Å². The topological polar surface area (TPSA) is 38.1 Å². The Hall–Kier alpha value is -0.740. The van der Waals surface area contributed by atoms with Crippen molar-refractivity contribution in [1.29, 1.82) is 0 Å². The first-order chi connectivity index (χ1) is 8.52. The molecule has 6 heteroatoms. The number of amides is 1. The van der Waals surface area contributed by atoms with E-state index in [1.807, 2.05) is 4.90 Å². The summed E-state index contributed by atoms with van der Waals surface area (Å²) in [5, 5.41) is 0.737. The summed E-state index contributed by atoms with van der Waals surface area (Å²) in [4.78, 5) is 17.7. The average molecular weight is 290 g/mol. The molecule has 1 aromatic heterocycles. The number of rotatable bonds is 4. The number of likely N-dealkylation sites (tertiary alicyclic amines) is 1. The number of carbonyl (C=O) groups is 1. The molecule has 1 aliphatic heterocycles. The predicted molar refractivity (Wildman–Crippen MR) is 71.7 cm³/mol. The lowest BCUT2D eigenvalue weighted by Gasteiger charge is -2.17. The Balaban J connectivity index is 2.08. The van der Waals surface area contributed by atoms with Crippen molar-refractivity contribution >= 4 is 29.1 Å². The molecule has 0 aliphatic carbocycles. The quantitative estimate of drug-likeness (QED) is 0.855. The highest BCUT2D eigenvalue weighted by molar-refractivity contribution is 6.32. The summed E-state index contributed by atoms with van der Waals surface area (Å²) < 4.78 is 1.73. The molecular formula is C12H17Cl2N3O. The highest BCUT2D eigenvalue weighted by Gasteiger charge is 2.30. The maximum Gasteiger partial charge on any atom is 0.223 e. The van der Waals surface area contributed by atoms with Gasteiger partial charge < -0.3 is 9.47 Å². The summed E-state index contributed by atoms with van der Waals surface area (Å²) in [5.74, 6) is 0.673. The Bertz CT molecular complexity index is 458. The molecule has 1 atom stereocenters. The first-order valence-electron chi connectivity index (χ1n) is 6.17. The van der Waals surface area contributed by atoms with Crippen LogP contribution in [0.15, 0.2) is 0 Å². The van der Waals surface area contributed by atoms with E-state index in [9.17, 15) is 4.79 Å². The zero-order valence-corrected chi connectivity index (χ0v) is 12.1. The van der Waals surface area contributed by atoms with Crippen molar-refractivity contribution in [2.24, 2.45) is 13.0 Å². The van der Waals surface area contributed by atoms with Gasteiger partial charge in [0.15, 0.2) is 5.15 Å². The predicted octanol–water partition coefficient (Wildman–Crippen LogP) is 2.88. The number of imidazole rings is 1. The number of hydrogen-bond acceptors (Lipinski definition) is 2. The zero-order chi connectivity index (χ0) is 13.3. The first-order valence-corrected chi connectivity index (χ1v) is 6.92. The fourth-order valence-electron chi connectivity index (χ4n) is 2.43. The van der Waals surface area contributed by atoms with Crippen LogP contribution in [0.1, 0.15) is 31.9 Å². The Morgan fingerprint density at radius 3 is 2.72 bits per heavy atom. The van der Waals surface area contributed by atoms with E-state index >= 15 is 0 Å². The second-order valence-corrected chi connectivity index (χ2v) is 5.51. The maximum absolute atomic E-state index is 11.9. The van der Waals surface area contributed by atoms with E-state index in [1.54, 1.807) is 11.6 Å². The second kappa shape index (κ2) is 5.49. The minimum Gasteiger partial charge on any atom is -0.336 e. The van der Waals surface area contributed by atoms with Crippen molar-refractivity contribution in [3.8, 4) is 0 Å². The molecule has 18 heavy (non-hydrogen) atoms. The highest BCUT2D eigenvalue weighted by atomic mass is 35.5. The summed E-state index contributed by atoms with van der Waals surface area (Å²) in [6.45, 7) is 3.45. The maximum atomic E-state index is 11.9. The Morgan fingerprint density at radius 2 is 2.17 bits per heavy atom.